The first kappa shape index (κ1) is 12.6. The Bertz CT molecular complexity index is 315. The maximum atomic E-state index is 12.0. The van der Waals surface area contributed by atoms with Crippen molar-refractivity contribution >= 4 is 5.91 Å². The molecule has 96 valence electrons. The van der Waals surface area contributed by atoms with Gasteiger partial charge in [-0.05, 0) is 31.3 Å². The molecule has 1 aliphatic carbocycles. The van der Waals surface area contributed by atoms with Crippen LogP contribution in [-0.4, -0.2) is 50.7 Å². The first-order chi connectivity index (χ1) is 8.18. The topological polar surface area (TPSA) is 41.6 Å². The zero-order valence-electron chi connectivity index (χ0n) is 10.8. The van der Waals surface area contributed by atoms with Gasteiger partial charge in [-0.1, -0.05) is 0 Å². The number of nitrogens with one attached hydrogen (secondary N) is 1. The third-order valence-corrected chi connectivity index (χ3v) is 3.50. The van der Waals surface area contributed by atoms with Crippen LogP contribution in [0.5, 0.6) is 0 Å². The quantitative estimate of drug-likeness (QED) is 0.549. The number of likely N-dealkylation sites (N-methyl/N-ethyl adjacent to an activating group) is 1. The molecule has 17 heavy (non-hydrogen) atoms. The minimum atomic E-state index is 0.136. The van der Waals surface area contributed by atoms with E-state index in [0.29, 0.717) is 13.2 Å². The maximum Gasteiger partial charge on any atom is 0.249 e. The van der Waals surface area contributed by atoms with Gasteiger partial charge >= 0.3 is 0 Å². The Labute approximate surface area is 103 Å². The Morgan fingerprint density at radius 1 is 1.47 bits per heavy atom. The van der Waals surface area contributed by atoms with Crippen LogP contribution in [-0.2, 0) is 9.53 Å². The molecule has 0 bridgehead atoms. The molecule has 2 aliphatic rings. The van der Waals surface area contributed by atoms with Crippen LogP contribution in [0.15, 0.2) is 11.1 Å². The number of ether oxygens (including phenoxy) is 1. The largest absolute Gasteiger partial charge is 0.379 e. The summed E-state index contributed by atoms with van der Waals surface area (Å²) < 4.78 is 5.54. The zero-order valence-corrected chi connectivity index (χ0v) is 10.8. The van der Waals surface area contributed by atoms with E-state index >= 15 is 0 Å². The minimum absolute atomic E-state index is 0.136. The highest BCUT2D eigenvalue weighted by Gasteiger charge is 2.21. The van der Waals surface area contributed by atoms with Crippen molar-refractivity contribution in [3.05, 3.63) is 11.1 Å². The number of rotatable bonds is 6. The van der Waals surface area contributed by atoms with Crippen LogP contribution < -0.4 is 5.32 Å². The predicted molar refractivity (Wildman–Crippen MR) is 66.7 cm³/mol. The summed E-state index contributed by atoms with van der Waals surface area (Å²) in [5, 5.41) is 3.15. The Hall–Kier alpha value is -0.870. The van der Waals surface area contributed by atoms with Gasteiger partial charge in [-0.25, -0.2) is 0 Å². The number of carbonyl (C=O) groups excluding carboxylic acids is 1. The molecule has 0 unspecified atom stereocenters. The molecule has 1 saturated heterocycles. The van der Waals surface area contributed by atoms with Gasteiger partial charge in [0.1, 0.15) is 0 Å². The van der Waals surface area contributed by atoms with Gasteiger partial charge in [0, 0.05) is 38.9 Å². The molecule has 4 heteroatoms. The standard InChI is InChI=1S/C13H22N2O2/c1-10(12-7-14-8-12)13(16)15(2)5-6-17-9-11-3-4-11/h11,14H,3-9H2,1-2H3. The fourth-order valence-electron chi connectivity index (χ4n) is 1.79. The van der Waals surface area contributed by atoms with Gasteiger partial charge in [0.05, 0.1) is 6.61 Å². The molecule has 2 fully saturated rings. The molecule has 0 atom stereocenters. The van der Waals surface area contributed by atoms with E-state index in [4.69, 9.17) is 4.74 Å². The monoisotopic (exact) mass is 238 g/mol. The molecule has 0 spiro atoms. The van der Waals surface area contributed by atoms with Crippen LogP contribution in [0.2, 0.25) is 0 Å². The van der Waals surface area contributed by atoms with E-state index in [-0.39, 0.29) is 5.91 Å². The fourth-order valence-corrected chi connectivity index (χ4v) is 1.79. The highest BCUT2D eigenvalue weighted by Crippen LogP contribution is 2.28. The van der Waals surface area contributed by atoms with E-state index in [0.717, 1.165) is 31.2 Å². The van der Waals surface area contributed by atoms with Gasteiger partial charge < -0.3 is 15.0 Å². The van der Waals surface area contributed by atoms with Gasteiger partial charge in [-0.3, -0.25) is 4.79 Å². The van der Waals surface area contributed by atoms with Crippen LogP contribution in [0, 0.1) is 5.92 Å². The molecular weight excluding hydrogens is 216 g/mol. The summed E-state index contributed by atoms with van der Waals surface area (Å²) >= 11 is 0. The Morgan fingerprint density at radius 2 is 2.18 bits per heavy atom. The lowest BCUT2D eigenvalue weighted by molar-refractivity contribution is -0.126. The molecular formula is C13H22N2O2. The summed E-state index contributed by atoms with van der Waals surface area (Å²) in [6.07, 6.45) is 2.62. The van der Waals surface area contributed by atoms with Gasteiger partial charge in [0.15, 0.2) is 0 Å². The summed E-state index contributed by atoms with van der Waals surface area (Å²) in [5.74, 6) is 0.928. The number of carbonyl (C=O) groups is 1. The lowest BCUT2D eigenvalue weighted by Crippen LogP contribution is -2.38. The van der Waals surface area contributed by atoms with Crippen LogP contribution in [0.3, 0.4) is 0 Å². The van der Waals surface area contributed by atoms with E-state index < -0.39 is 0 Å². The number of amides is 1. The Balaban J connectivity index is 1.66. The Kier molecular flexibility index (Phi) is 4.18. The van der Waals surface area contributed by atoms with E-state index in [9.17, 15) is 4.79 Å². The van der Waals surface area contributed by atoms with Crippen molar-refractivity contribution in [3.63, 3.8) is 0 Å². The average Bonchev–Trinajstić information content (AvgIpc) is 3.04. The van der Waals surface area contributed by atoms with Gasteiger partial charge in [0.2, 0.25) is 5.91 Å². The van der Waals surface area contributed by atoms with Crippen LogP contribution in [0.4, 0.5) is 0 Å². The second-order valence-corrected chi connectivity index (χ2v) is 5.08. The normalized spacial score (nSPS) is 18.8. The second kappa shape index (κ2) is 5.65. The van der Waals surface area contributed by atoms with Gasteiger partial charge in [0.25, 0.3) is 0 Å². The van der Waals surface area contributed by atoms with Crippen LogP contribution in [0.25, 0.3) is 0 Å². The Morgan fingerprint density at radius 3 is 2.71 bits per heavy atom. The summed E-state index contributed by atoms with van der Waals surface area (Å²) in [6, 6.07) is 0. The molecule has 1 amide bonds. The molecule has 2 rings (SSSR count). The molecule has 1 N–H and O–H groups in total. The highest BCUT2D eigenvalue weighted by molar-refractivity contribution is 5.93. The first-order valence-corrected chi connectivity index (χ1v) is 6.41. The third kappa shape index (κ3) is 3.54. The number of nitrogens with zero attached hydrogens (tertiary/aromatic N) is 1. The third-order valence-electron chi connectivity index (χ3n) is 3.50. The molecule has 0 aromatic heterocycles. The molecule has 0 radical (unpaired) electrons. The average molecular weight is 238 g/mol. The lowest BCUT2D eigenvalue weighted by Gasteiger charge is -2.24. The molecule has 0 aromatic rings. The molecule has 1 saturated carbocycles. The van der Waals surface area contributed by atoms with E-state index in [1.54, 1.807) is 4.90 Å². The smallest absolute Gasteiger partial charge is 0.249 e. The molecule has 1 aliphatic heterocycles. The van der Waals surface area contributed by atoms with Gasteiger partial charge in [-0.2, -0.15) is 0 Å². The van der Waals surface area contributed by atoms with Crippen LogP contribution in [0.1, 0.15) is 19.8 Å². The lowest BCUT2D eigenvalue weighted by atomic mass is 10.0. The van der Waals surface area contributed by atoms with Crippen molar-refractivity contribution < 1.29 is 9.53 Å². The van der Waals surface area contributed by atoms with Crippen molar-refractivity contribution in [2.75, 3.05) is 39.9 Å². The predicted octanol–water partition coefficient (Wildman–Crippen LogP) is 0.791. The highest BCUT2D eigenvalue weighted by atomic mass is 16.5. The zero-order chi connectivity index (χ0) is 12.3. The summed E-state index contributed by atoms with van der Waals surface area (Å²) in [4.78, 5) is 13.8. The number of hydrogen-bond donors (Lipinski definition) is 1. The van der Waals surface area contributed by atoms with Crippen molar-refractivity contribution in [2.45, 2.75) is 19.8 Å². The maximum absolute atomic E-state index is 12.0. The van der Waals surface area contributed by atoms with Crippen molar-refractivity contribution in [1.29, 1.82) is 0 Å². The SMILES string of the molecule is CC(C(=O)N(C)CCOCC1CC1)=C1CNC1. The molecule has 0 aromatic carbocycles. The van der Waals surface area contributed by atoms with Crippen LogP contribution >= 0.6 is 0 Å². The molecule has 4 nitrogen and oxygen atoms in total. The van der Waals surface area contributed by atoms with E-state index in [2.05, 4.69) is 5.32 Å². The van der Waals surface area contributed by atoms with E-state index in [1.807, 2.05) is 14.0 Å². The summed E-state index contributed by atoms with van der Waals surface area (Å²) in [7, 11) is 1.85. The first-order valence-electron chi connectivity index (χ1n) is 6.41. The fraction of sp³-hybridized carbons (Fsp3) is 0.769. The second-order valence-electron chi connectivity index (χ2n) is 5.08. The summed E-state index contributed by atoms with van der Waals surface area (Å²) in [6.45, 7) is 5.85. The minimum Gasteiger partial charge on any atom is -0.379 e. The van der Waals surface area contributed by atoms with Gasteiger partial charge in [-0.15, -0.1) is 0 Å². The number of hydrogen-bond acceptors (Lipinski definition) is 3. The van der Waals surface area contributed by atoms with Crippen molar-refractivity contribution in [3.8, 4) is 0 Å². The summed E-state index contributed by atoms with van der Waals surface area (Å²) in [5.41, 5.74) is 2.13. The van der Waals surface area contributed by atoms with Crippen molar-refractivity contribution in [2.24, 2.45) is 5.92 Å². The molecule has 1 heterocycles. The van der Waals surface area contributed by atoms with Crippen molar-refractivity contribution in [1.82, 2.24) is 10.2 Å². The van der Waals surface area contributed by atoms with E-state index in [1.165, 1.54) is 18.4 Å².